The number of benzene rings is 1. The van der Waals surface area contributed by atoms with Crippen molar-refractivity contribution >= 4 is 5.91 Å². The number of rotatable bonds is 24. The number of carbonyl (C=O) groups excluding carboxylic acids is 1. The lowest BCUT2D eigenvalue weighted by Crippen LogP contribution is -2.24. The van der Waals surface area contributed by atoms with E-state index in [0.717, 1.165) is 73.3 Å². The van der Waals surface area contributed by atoms with Crippen molar-refractivity contribution < 1.29 is 19.0 Å². The molecule has 1 N–H and O–H groups in total. The maximum Gasteiger partial charge on any atom is 0.224 e. The minimum Gasteiger partial charge on any atom is -0.495 e. The van der Waals surface area contributed by atoms with Crippen molar-refractivity contribution in [1.29, 1.82) is 0 Å². The normalized spacial score (nSPS) is 11.3. The van der Waals surface area contributed by atoms with Crippen LogP contribution >= 0.6 is 0 Å². The van der Waals surface area contributed by atoms with Gasteiger partial charge in [-0.15, -0.1) is 0 Å². The average molecular weight is 707 g/mol. The van der Waals surface area contributed by atoms with Crippen LogP contribution in [0.3, 0.4) is 0 Å². The monoisotopic (exact) mass is 707 g/mol. The van der Waals surface area contributed by atoms with Crippen LogP contribution in [-0.2, 0) is 9.53 Å². The smallest absolute Gasteiger partial charge is 0.224 e. The van der Waals surface area contributed by atoms with E-state index in [-0.39, 0.29) is 12.0 Å². The van der Waals surface area contributed by atoms with E-state index < -0.39 is 0 Å². The van der Waals surface area contributed by atoms with Crippen molar-refractivity contribution in [2.75, 3.05) is 27.2 Å². The highest BCUT2D eigenvalue weighted by molar-refractivity contribution is 5.79. The van der Waals surface area contributed by atoms with Crippen LogP contribution in [0.15, 0.2) is 121 Å². The fourth-order valence-electron chi connectivity index (χ4n) is 4.20. The van der Waals surface area contributed by atoms with Crippen LogP contribution in [0.1, 0.15) is 114 Å². The Morgan fingerprint density at radius 3 is 1.86 bits per heavy atom. The molecule has 0 aliphatic rings. The van der Waals surface area contributed by atoms with E-state index in [1.165, 1.54) is 0 Å². The Hall–Kier alpha value is -4.19. The van der Waals surface area contributed by atoms with Crippen molar-refractivity contribution in [2.24, 2.45) is 0 Å². The first-order valence-electron chi connectivity index (χ1n) is 19.0. The van der Waals surface area contributed by atoms with Gasteiger partial charge in [0.15, 0.2) is 0 Å². The molecule has 1 rings (SSSR count). The first-order chi connectivity index (χ1) is 24.6. The van der Waals surface area contributed by atoms with Gasteiger partial charge in [0, 0.05) is 38.3 Å². The molecule has 51 heavy (non-hydrogen) atoms. The summed E-state index contributed by atoms with van der Waals surface area (Å²) in [4.78, 5) is 14.3. The molecule has 0 radical (unpaired) electrons. The van der Waals surface area contributed by atoms with Gasteiger partial charge in [-0.25, -0.2) is 0 Å². The average Bonchev–Trinajstić information content (AvgIpc) is 3.14. The number of carbonyl (C=O) groups is 1. The van der Waals surface area contributed by atoms with Gasteiger partial charge in [-0.1, -0.05) is 119 Å². The molecule has 0 saturated heterocycles. The molecule has 0 saturated carbocycles. The highest BCUT2D eigenvalue weighted by Crippen LogP contribution is 2.22. The number of ether oxygens (including phenoxy) is 3. The van der Waals surface area contributed by atoms with Crippen molar-refractivity contribution in [1.82, 2.24) is 10.2 Å². The standard InChI is InChI=1S/C39H56N2O4.3C2H6/c1-10-33(20-22-35(12-3)41(8)9)30-39(42)40-28-18-16-14-15-17-19-29-43-37-24-26-38(27-25-37)45-32(7)34(11-2)21-23-36(13-4)44-31(5)6;3*1-2/h10-12,20-27,31H,1-3,7,13-19,28-30H2,4-6,8-9H3,(H,40,42);3*1-2H3/b33-20+,34-21+,35-22+,36-23+;;;. The van der Waals surface area contributed by atoms with Crippen LogP contribution in [0.2, 0.25) is 0 Å². The van der Waals surface area contributed by atoms with E-state index in [1.807, 2.05) is 123 Å². The first-order valence-corrected chi connectivity index (χ1v) is 19.0. The SMILES string of the molecule is C=C/C(=C\C=C(/C=C)N(C)C)CC(=O)NCCCCCCCCOc1ccc(OC(=C)/C(C=C)=C/C=C(\CC)OC(C)C)cc1.CC.CC.CC. The molecule has 288 valence electrons. The third-order valence-electron chi connectivity index (χ3n) is 6.77. The Kier molecular flexibility index (Phi) is 35.8. The summed E-state index contributed by atoms with van der Waals surface area (Å²) in [5.74, 6) is 2.94. The molecule has 1 amide bonds. The van der Waals surface area contributed by atoms with Gasteiger partial charge in [-0.05, 0) is 80.8 Å². The number of likely N-dealkylation sites (N-methyl/N-ethyl adjacent to an activating group) is 1. The number of unbranched alkanes of at least 4 members (excludes halogenated alkanes) is 5. The Balaban J connectivity index is -0.00000363. The minimum atomic E-state index is 0.0191. The van der Waals surface area contributed by atoms with Crippen LogP contribution in [0, 0.1) is 0 Å². The zero-order chi connectivity index (χ0) is 39.5. The van der Waals surface area contributed by atoms with Crippen molar-refractivity contribution in [3.8, 4) is 11.5 Å². The maximum atomic E-state index is 12.3. The minimum absolute atomic E-state index is 0.0191. The summed E-state index contributed by atoms with van der Waals surface area (Å²) in [7, 11) is 3.91. The van der Waals surface area contributed by atoms with E-state index in [2.05, 4.69) is 38.6 Å². The van der Waals surface area contributed by atoms with Crippen molar-refractivity contribution in [3.05, 3.63) is 121 Å². The molecule has 0 heterocycles. The predicted octanol–water partition coefficient (Wildman–Crippen LogP) is 12.5. The first kappa shape index (κ1) is 51.2. The second kappa shape index (κ2) is 35.6. The highest BCUT2D eigenvalue weighted by atomic mass is 16.5. The zero-order valence-corrected chi connectivity index (χ0v) is 34.4. The Morgan fingerprint density at radius 2 is 1.35 bits per heavy atom. The molecule has 1 aromatic rings. The van der Waals surface area contributed by atoms with E-state index in [9.17, 15) is 4.79 Å². The van der Waals surface area contributed by atoms with Gasteiger partial charge in [0.05, 0.1) is 24.9 Å². The predicted molar refractivity (Wildman–Crippen MR) is 224 cm³/mol. The molecule has 0 aliphatic carbocycles. The van der Waals surface area contributed by atoms with Crippen molar-refractivity contribution in [3.63, 3.8) is 0 Å². The van der Waals surface area contributed by atoms with E-state index in [4.69, 9.17) is 14.2 Å². The fourth-order valence-corrected chi connectivity index (χ4v) is 4.20. The molecule has 0 bridgehead atoms. The molecule has 0 aliphatic heterocycles. The Morgan fingerprint density at radius 1 is 0.784 bits per heavy atom. The van der Waals surface area contributed by atoms with Crippen LogP contribution in [0.5, 0.6) is 11.5 Å². The van der Waals surface area contributed by atoms with Crippen LogP contribution < -0.4 is 14.8 Å². The maximum absolute atomic E-state index is 12.3. The van der Waals surface area contributed by atoms with Gasteiger partial charge in [0.2, 0.25) is 5.91 Å². The second-order valence-corrected chi connectivity index (χ2v) is 11.1. The molecular weight excluding hydrogens is 633 g/mol. The molecule has 6 nitrogen and oxygen atoms in total. The van der Waals surface area contributed by atoms with Gasteiger partial charge in [-0.3, -0.25) is 4.79 Å². The summed E-state index contributed by atoms with van der Waals surface area (Å²) in [5, 5.41) is 3.01. The highest BCUT2D eigenvalue weighted by Gasteiger charge is 2.05. The molecule has 0 spiro atoms. The Bertz CT molecular complexity index is 1200. The third-order valence-corrected chi connectivity index (χ3v) is 6.77. The van der Waals surface area contributed by atoms with E-state index >= 15 is 0 Å². The fraction of sp³-hybridized carbons (Fsp3) is 0.489. The topological polar surface area (TPSA) is 60.0 Å². The van der Waals surface area contributed by atoms with Crippen LogP contribution in [0.4, 0.5) is 0 Å². The summed E-state index contributed by atoms with van der Waals surface area (Å²) in [6, 6.07) is 7.58. The molecule has 0 aromatic heterocycles. The van der Waals surface area contributed by atoms with Crippen LogP contribution in [-0.4, -0.2) is 44.2 Å². The third kappa shape index (κ3) is 27.2. The second-order valence-electron chi connectivity index (χ2n) is 11.1. The lowest BCUT2D eigenvalue weighted by molar-refractivity contribution is -0.120. The summed E-state index contributed by atoms with van der Waals surface area (Å²) in [6.45, 7) is 35.0. The quantitative estimate of drug-likeness (QED) is 0.0659. The largest absolute Gasteiger partial charge is 0.495 e. The van der Waals surface area contributed by atoms with Gasteiger partial charge in [0.25, 0.3) is 0 Å². The summed E-state index contributed by atoms with van der Waals surface area (Å²) in [5.41, 5.74) is 2.64. The lowest BCUT2D eigenvalue weighted by atomic mass is 10.1. The molecule has 0 unspecified atom stereocenters. The van der Waals surface area contributed by atoms with Gasteiger partial charge >= 0.3 is 0 Å². The molecule has 1 aromatic carbocycles. The number of nitrogens with zero attached hydrogens (tertiary/aromatic N) is 1. The molecular formula is C45H74N2O4. The van der Waals surface area contributed by atoms with Gasteiger partial charge < -0.3 is 24.4 Å². The van der Waals surface area contributed by atoms with E-state index in [0.29, 0.717) is 31.1 Å². The summed E-state index contributed by atoms with van der Waals surface area (Å²) in [6.07, 6.45) is 20.7. The summed E-state index contributed by atoms with van der Waals surface area (Å²) < 4.78 is 17.6. The van der Waals surface area contributed by atoms with Crippen LogP contribution in [0.25, 0.3) is 0 Å². The van der Waals surface area contributed by atoms with Gasteiger partial charge in [-0.2, -0.15) is 0 Å². The number of hydrogen-bond acceptors (Lipinski definition) is 5. The molecule has 6 heteroatoms. The Labute approximate surface area is 314 Å². The number of allylic oxidation sites excluding steroid dienone is 8. The summed E-state index contributed by atoms with van der Waals surface area (Å²) >= 11 is 0. The lowest BCUT2D eigenvalue weighted by Gasteiger charge is -2.12. The van der Waals surface area contributed by atoms with E-state index in [1.54, 1.807) is 18.2 Å². The zero-order valence-electron chi connectivity index (χ0n) is 34.4. The van der Waals surface area contributed by atoms with Gasteiger partial charge in [0.1, 0.15) is 17.3 Å². The number of hydrogen-bond donors (Lipinski definition) is 1. The van der Waals surface area contributed by atoms with Crippen molar-refractivity contribution in [2.45, 2.75) is 120 Å². The number of nitrogens with one attached hydrogen (secondary N) is 1. The molecule has 0 fully saturated rings. The molecule has 0 atom stereocenters. The number of amides is 1.